The molecule has 0 aliphatic carbocycles. The van der Waals surface area contributed by atoms with E-state index in [4.69, 9.17) is 21.1 Å². The largest absolute Gasteiger partial charge is 0.491 e. The third-order valence-electron chi connectivity index (χ3n) is 7.57. The summed E-state index contributed by atoms with van der Waals surface area (Å²) in [5, 5.41) is 0. The number of nitrogens with zero attached hydrogens (tertiary/aromatic N) is 2. The molecule has 3 aliphatic heterocycles. The summed E-state index contributed by atoms with van der Waals surface area (Å²) in [7, 11) is 0. The summed E-state index contributed by atoms with van der Waals surface area (Å²) in [5.74, 6) is 2.01. The zero-order chi connectivity index (χ0) is 24.3. The maximum Gasteiger partial charge on any atom is 0.338 e. The van der Waals surface area contributed by atoms with E-state index in [-0.39, 0.29) is 23.8 Å². The van der Waals surface area contributed by atoms with Gasteiger partial charge in [-0.25, -0.2) is 9.28 Å². The lowest BCUT2D eigenvalue weighted by Gasteiger charge is -2.34. The second-order valence-corrected chi connectivity index (χ2v) is 9.60. The van der Waals surface area contributed by atoms with Crippen molar-refractivity contribution in [3.8, 4) is 17.2 Å². The van der Waals surface area contributed by atoms with Gasteiger partial charge in [-0.15, -0.1) is 0 Å². The van der Waals surface area contributed by atoms with Crippen molar-refractivity contribution in [2.75, 3.05) is 13.4 Å². The Morgan fingerprint density at radius 1 is 0.833 bits per heavy atom. The number of para-hydroxylation sites is 1. The Balaban J connectivity index is 1.46. The van der Waals surface area contributed by atoms with Crippen LogP contribution in [-0.4, -0.2) is 24.3 Å². The van der Waals surface area contributed by atoms with Crippen LogP contribution in [-0.2, 0) is 23.3 Å². The molecule has 7 rings (SSSR count). The molecule has 6 nitrogen and oxygen atoms in total. The highest BCUT2D eigenvalue weighted by molar-refractivity contribution is 6.08. The third kappa shape index (κ3) is 2.88. The van der Waals surface area contributed by atoms with E-state index in [1.165, 1.54) is 0 Å². The highest BCUT2D eigenvalue weighted by atomic mass is 16.7. The molecule has 3 aliphatic rings. The van der Waals surface area contributed by atoms with Crippen LogP contribution in [0.15, 0.2) is 85.2 Å². The lowest BCUT2D eigenvalue weighted by Crippen LogP contribution is -2.56. The Kier molecular flexibility index (Phi) is 4.51. The summed E-state index contributed by atoms with van der Waals surface area (Å²) in [6.07, 6.45) is 3.58. The first-order valence-electron chi connectivity index (χ1n) is 11.9. The number of amides is 1. The lowest BCUT2D eigenvalue weighted by molar-refractivity contribution is -0.134. The van der Waals surface area contributed by atoms with Crippen LogP contribution >= 0.6 is 0 Å². The standard InChI is InChI=1S/C30H23N2O4/c1-20-8-10-21(11-9-20)16-32(17-22-5-4-12-31-15-22)25-7-3-2-6-23(25)30(29(32)33)18-34-26-14-28-27(13-24(26)30)35-19-36-28/h1-15H,16-19H2/q+1. The molecule has 0 N–H and O–H groups in total. The molecule has 0 saturated carbocycles. The molecule has 2 radical (unpaired) electrons. The predicted molar refractivity (Wildman–Crippen MR) is 134 cm³/mol. The lowest BCUT2D eigenvalue weighted by atomic mass is 9.77. The summed E-state index contributed by atoms with van der Waals surface area (Å²) >= 11 is 0. The molecule has 1 spiro atoms. The fourth-order valence-corrected chi connectivity index (χ4v) is 5.95. The SMILES string of the molecule is [CH]c1ccc(C[N+]2(Cc3cccnc3)C(=O)C3(COc4cc5c(cc43)OCO5)c3ccccc32)cc1. The number of carbonyl (C=O) groups is 1. The van der Waals surface area contributed by atoms with E-state index in [1.807, 2.05) is 66.9 Å². The van der Waals surface area contributed by atoms with E-state index in [0.29, 0.717) is 35.9 Å². The molecule has 6 heteroatoms. The van der Waals surface area contributed by atoms with Crippen LogP contribution < -0.4 is 18.7 Å². The van der Waals surface area contributed by atoms with Gasteiger partial charge in [0.1, 0.15) is 31.1 Å². The summed E-state index contributed by atoms with van der Waals surface area (Å²) in [5.41, 5.74) is 4.51. The summed E-state index contributed by atoms with van der Waals surface area (Å²) in [6, 6.07) is 23.6. The van der Waals surface area contributed by atoms with Crippen molar-refractivity contribution >= 4 is 11.6 Å². The number of rotatable bonds is 4. The molecule has 1 amide bonds. The molecule has 1 aromatic heterocycles. The van der Waals surface area contributed by atoms with Gasteiger partial charge in [-0.1, -0.05) is 48.5 Å². The molecule has 3 aromatic carbocycles. The van der Waals surface area contributed by atoms with Crippen LogP contribution in [0, 0.1) is 6.92 Å². The van der Waals surface area contributed by atoms with Gasteiger partial charge in [-0.2, -0.15) is 0 Å². The minimum Gasteiger partial charge on any atom is -0.491 e. The molecule has 176 valence electrons. The van der Waals surface area contributed by atoms with Gasteiger partial charge < -0.3 is 14.2 Å². The van der Waals surface area contributed by atoms with Gasteiger partial charge in [0.2, 0.25) is 6.79 Å². The third-order valence-corrected chi connectivity index (χ3v) is 7.57. The first-order chi connectivity index (χ1) is 17.6. The zero-order valence-corrected chi connectivity index (χ0v) is 19.5. The summed E-state index contributed by atoms with van der Waals surface area (Å²) in [4.78, 5) is 19.4. The van der Waals surface area contributed by atoms with Crippen molar-refractivity contribution in [2.24, 2.45) is 0 Å². The molecule has 0 bridgehead atoms. The van der Waals surface area contributed by atoms with Crippen molar-refractivity contribution in [1.82, 2.24) is 9.47 Å². The number of fused-ring (bicyclic) bond motifs is 5. The number of hydrogen-bond acceptors (Lipinski definition) is 5. The van der Waals surface area contributed by atoms with Gasteiger partial charge in [0.25, 0.3) is 0 Å². The van der Waals surface area contributed by atoms with E-state index in [0.717, 1.165) is 27.9 Å². The van der Waals surface area contributed by atoms with E-state index >= 15 is 4.79 Å². The minimum absolute atomic E-state index is 0.0713. The maximum atomic E-state index is 15.0. The number of aromatic nitrogens is 1. The molecule has 4 heterocycles. The average Bonchev–Trinajstić information content (AvgIpc) is 3.57. The van der Waals surface area contributed by atoms with E-state index in [2.05, 4.69) is 17.1 Å². The molecular formula is C30H23N2O4+. The average molecular weight is 476 g/mol. The molecule has 2 unspecified atom stereocenters. The topological polar surface area (TPSA) is 57.7 Å². The van der Waals surface area contributed by atoms with Gasteiger partial charge in [0, 0.05) is 40.7 Å². The van der Waals surface area contributed by atoms with E-state index in [9.17, 15) is 0 Å². The second-order valence-electron chi connectivity index (χ2n) is 9.60. The first-order valence-corrected chi connectivity index (χ1v) is 11.9. The highest BCUT2D eigenvalue weighted by Crippen LogP contribution is 2.58. The van der Waals surface area contributed by atoms with Crippen molar-refractivity contribution < 1.29 is 19.0 Å². The van der Waals surface area contributed by atoms with Crippen LogP contribution in [0.1, 0.15) is 27.8 Å². The van der Waals surface area contributed by atoms with Gasteiger partial charge in [0.15, 0.2) is 16.9 Å². The Morgan fingerprint density at radius 3 is 2.42 bits per heavy atom. The monoisotopic (exact) mass is 475 g/mol. The van der Waals surface area contributed by atoms with Gasteiger partial charge in [-0.05, 0) is 30.7 Å². The van der Waals surface area contributed by atoms with Crippen LogP contribution in [0.3, 0.4) is 0 Å². The van der Waals surface area contributed by atoms with Crippen LogP contribution in [0.25, 0.3) is 0 Å². The van der Waals surface area contributed by atoms with Crippen LogP contribution in [0.5, 0.6) is 17.2 Å². The number of quaternary nitrogens is 1. The zero-order valence-electron chi connectivity index (χ0n) is 19.5. The summed E-state index contributed by atoms with van der Waals surface area (Å²) in [6.45, 7) is 7.31. The van der Waals surface area contributed by atoms with E-state index < -0.39 is 5.41 Å². The summed E-state index contributed by atoms with van der Waals surface area (Å²) < 4.78 is 17.6. The fourth-order valence-electron chi connectivity index (χ4n) is 5.95. The Hall–Kier alpha value is -4.16. The predicted octanol–water partition coefficient (Wildman–Crippen LogP) is 4.80. The molecule has 0 saturated heterocycles. The van der Waals surface area contributed by atoms with Crippen molar-refractivity contribution in [3.05, 3.63) is 120 Å². The molecule has 2 atom stereocenters. The number of carbonyl (C=O) groups excluding carboxylic acids is 1. The fraction of sp³-hybridized carbons (Fsp3) is 0.167. The number of hydrogen-bond donors (Lipinski definition) is 0. The van der Waals surface area contributed by atoms with Gasteiger partial charge in [-0.3, -0.25) is 4.98 Å². The number of ether oxygens (including phenoxy) is 3. The quantitative estimate of drug-likeness (QED) is 0.397. The Bertz CT molecular complexity index is 1500. The smallest absolute Gasteiger partial charge is 0.338 e. The maximum absolute atomic E-state index is 15.0. The molecule has 4 aromatic rings. The van der Waals surface area contributed by atoms with E-state index in [1.54, 1.807) is 6.20 Å². The minimum atomic E-state index is -0.955. The molecule has 0 fully saturated rings. The number of pyridine rings is 1. The molecule has 36 heavy (non-hydrogen) atoms. The normalized spacial score (nSPS) is 23.0. The van der Waals surface area contributed by atoms with Crippen molar-refractivity contribution in [1.29, 1.82) is 0 Å². The Morgan fingerprint density at radius 2 is 1.61 bits per heavy atom. The number of benzene rings is 3. The van der Waals surface area contributed by atoms with Crippen LogP contribution in [0.4, 0.5) is 5.69 Å². The van der Waals surface area contributed by atoms with Gasteiger partial charge in [0.05, 0.1) is 0 Å². The van der Waals surface area contributed by atoms with Crippen LogP contribution in [0.2, 0.25) is 0 Å². The Labute approximate surface area is 209 Å². The molecular weight excluding hydrogens is 452 g/mol. The first kappa shape index (κ1) is 21.1. The second kappa shape index (κ2) is 7.67. The van der Waals surface area contributed by atoms with Gasteiger partial charge >= 0.3 is 5.91 Å². The van der Waals surface area contributed by atoms with Crippen molar-refractivity contribution in [2.45, 2.75) is 18.5 Å². The van der Waals surface area contributed by atoms with Crippen molar-refractivity contribution in [3.63, 3.8) is 0 Å². The highest BCUT2D eigenvalue weighted by Gasteiger charge is 2.66.